The molecule has 0 bridgehead atoms. The predicted octanol–water partition coefficient (Wildman–Crippen LogP) is 2.15. The summed E-state index contributed by atoms with van der Waals surface area (Å²) in [5.41, 5.74) is 0. The zero-order valence-corrected chi connectivity index (χ0v) is 10.3. The van der Waals surface area contributed by atoms with Crippen LogP contribution in [0.2, 0.25) is 0 Å². The van der Waals surface area contributed by atoms with Gasteiger partial charge in [0, 0.05) is 6.42 Å². The van der Waals surface area contributed by atoms with Gasteiger partial charge in [0.25, 0.3) is 0 Å². The van der Waals surface area contributed by atoms with Crippen LogP contribution in [-0.4, -0.2) is 30.6 Å². The average molecular weight is 212 g/mol. The highest BCUT2D eigenvalue weighted by Gasteiger charge is 2.01. The highest BCUT2D eigenvalue weighted by molar-refractivity contribution is 5.77. The van der Waals surface area contributed by atoms with Gasteiger partial charge in [0.1, 0.15) is 0 Å². The van der Waals surface area contributed by atoms with Crippen LogP contribution in [0.15, 0.2) is 12.2 Å². The first-order valence-electron chi connectivity index (χ1n) is 5.88. The van der Waals surface area contributed by atoms with Gasteiger partial charge in [-0.15, -0.1) is 0 Å². The van der Waals surface area contributed by atoms with Crippen molar-refractivity contribution in [3.63, 3.8) is 0 Å². The van der Waals surface area contributed by atoms with Gasteiger partial charge in [-0.05, 0) is 19.5 Å². The number of carbonyl (C=O) groups is 1. The summed E-state index contributed by atoms with van der Waals surface area (Å²) in [6.07, 6.45) is 6.71. The molecule has 88 valence electrons. The Bertz CT molecular complexity index is 186. The molecule has 0 fully saturated rings. The van der Waals surface area contributed by atoms with Crippen molar-refractivity contribution in [2.45, 2.75) is 40.0 Å². The summed E-state index contributed by atoms with van der Waals surface area (Å²) in [6.45, 7) is 8.93. The molecule has 0 aromatic carbocycles. The Kier molecular flexibility index (Phi) is 9.18. The van der Waals surface area contributed by atoms with Crippen molar-refractivity contribution >= 4 is 5.91 Å². The Morgan fingerprint density at radius 2 is 1.87 bits per heavy atom. The summed E-state index contributed by atoms with van der Waals surface area (Å²) < 4.78 is 0. The van der Waals surface area contributed by atoms with Gasteiger partial charge >= 0.3 is 0 Å². The van der Waals surface area contributed by atoms with E-state index >= 15 is 0 Å². The van der Waals surface area contributed by atoms with Gasteiger partial charge in [0.2, 0.25) is 5.91 Å². The van der Waals surface area contributed by atoms with Crippen LogP contribution in [0.4, 0.5) is 0 Å². The SMILES string of the molecule is CCC/C=C/CC(=O)NCN(CC)CC. The standard InChI is InChI=1S/C12H24N2O/c1-4-7-8-9-10-12(15)13-11-14(5-2)6-3/h8-9H,4-7,10-11H2,1-3H3,(H,13,15)/b9-8+. The van der Waals surface area contributed by atoms with Crippen molar-refractivity contribution in [1.29, 1.82) is 0 Å². The van der Waals surface area contributed by atoms with Gasteiger partial charge in [0.15, 0.2) is 0 Å². The molecule has 0 spiro atoms. The van der Waals surface area contributed by atoms with Crippen molar-refractivity contribution < 1.29 is 4.79 Å². The lowest BCUT2D eigenvalue weighted by Crippen LogP contribution is -2.37. The molecular weight excluding hydrogens is 188 g/mol. The van der Waals surface area contributed by atoms with Crippen LogP contribution in [0, 0.1) is 0 Å². The Morgan fingerprint density at radius 3 is 2.40 bits per heavy atom. The number of amides is 1. The summed E-state index contributed by atoms with van der Waals surface area (Å²) in [4.78, 5) is 13.5. The summed E-state index contributed by atoms with van der Waals surface area (Å²) in [6, 6.07) is 0. The van der Waals surface area contributed by atoms with E-state index in [1.807, 2.05) is 6.08 Å². The molecule has 0 radical (unpaired) electrons. The lowest BCUT2D eigenvalue weighted by atomic mass is 10.3. The maximum Gasteiger partial charge on any atom is 0.224 e. The van der Waals surface area contributed by atoms with Crippen LogP contribution in [0.5, 0.6) is 0 Å². The topological polar surface area (TPSA) is 32.3 Å². The van der Waals surface area contributed by atoms with E-state index in [-0.39, 0.29) is 5.91 Å². The Labute approximate surface area is 93.5 Å². The molecule has 0 heterocycles. The number of rotatable bonds is 8. The van der Waals surface area contributed by atoms with Crippen LogP contribution in [0.25, 0.3) is 0 Å². The van der Waals surface area contributed by atoms with Crippen molar-refractivity contribution in [1.82, 2.24) is 10.2 Å². The Balaban J connectivity index is 3.56. The first-order chi connectivity index (χ1) is 7.24. The molecular formula is C12H24N2O. The van der Waals surface area contributed by atoms with Gasteiger partial charge in [-0.3, -0.25) is 9.69 Å². The monoisotopic (exact) mass is 212 g/mol. The number of hydrogen-bond donors (Lipinski definition) is 1. The first-order valence-corrected chi connectivity index (χ1v) is 5.88. The van der Waals surface area contributed by atoms with E-state index < -0.39 is 0 Å². The van der Waals surface area contributed by atoms with Crippen molar-refractivity contribution in [3.8, 4) is 0 Å². The number of carbonyl (C=O) groups excluding carboxylic acids is 1. The van der Waals surface area contributed by atoms with Gasteiger partial charge < -0.3 is 5.32 Å². The molecule has 0 aliphatic heterocycles. The first kappa shape index (κ1) is 14.2. The molecule has 0 aliphatic carbocycles. The van der Waals surface area contributed by atoms with E-state index in [0.717, 1.165) is 25.9 Å². The fourth-order valence-corrected chi connectivity index (χ4v) is 1.19. The van der Waals surface area contributed by atoms with Crippen molar-refractivity contribution in [2.24, 2.45) is 0 Å². The third-order valence-corrected chi connectivity index (χ3v) is 2.32. The van der Waals surface area contributed by atoms with Crippen LogP contribution in [0.1, 0.15) is 40.0 Å². The Hall–Kier alpha value is -0.830. The molecule has 1 amide bonds. The lowest BCUT2D eigenvalue weighted by Gasteiger charge is -2.18. The fraction of sp³-hybridized carbons (Fsp3) is 0.750. The zero-order valence-electron chi connectivity index (χ0n) is 10.3. The molecule has 0 rings (SSSR count). The highest BCUT2D eigenvalue weighted by atomic mass is 16.1. The number of nitrogens with one attached hydrogen (secondary N) is 1. The van der Waals surface area contributed by atoms with E-state index in [1.54, 1.807) is 0 Å². The molecule has 0 aromatic heterocycles. The third kappa shape index (κ3) is 8.18. The van der Waals surface area contributed by atoms with Crippen molar-refractivity contribution in [2.75, 3.05) is 19.8 Å². The molecule has 0 unspecified atom stereocenters. The van der Waals surface area contributed by atoms with E-state index in [2.05, 4.69) is 37.1 Å². The molecule has 0 saturated heterocycles. The molecule has 15 heavy (non-hydrogen) atoms. The molecule has 0 aromatic rings. The average Bonchev–Trinajstić information content (AvgIpc) is 2.26. The lowest BCUT2D eigenvalue weighted by molar-refractivity contribution is -0.120. The van der Waals surface area contributed by atoms with Crippen LogP contribution < -0.4 is 5.32 Å². The number of nitrogens with zero attached hydrogens (tertiary/aromatic N) is 1. The second-order valence-electron chi connectivity index (χ2n) is 3.53. The van der Waals surface area contributed by atoms with Gasteiger partial charge in [0.05, 0.1) is 6.67 Å². The van der Waals surface area contributed by atoms with Gasteiger partial charge in [-0.2, -0.15) is 0 Å². The molecule has 3 nitrogen and oxygen atoms in total. The number of allylic oxidation sites excluding steroid dienone is 1. The molecule has 0 saturated carbocycles. The summed E-state index contributed by atoms with van der Waals surface area (Å²) in [5, 5.41) is 2.90. The third-order valence-electron chi connectivity index (χ3n) is 2.32. The van der Waals surface area contributed by atoms with Crippen LogP contribution >= 0.6 is 0 Å². The normalized spacial score (nSPS) is 11.2. The second-order valence-corrected chi connectivity index (χ2v) is 3.53. The van der Waals surface area contributed by atoms with E-state index in [1.165, 1.54) is 0 Å². The summed E-state index contributed by atoms with van der Waals surface area (Å²) in [5.74, 6) is 0.106. The summed E-state index contributed by atoms with van der Waals surface area (Å²) in [7, 11) is 0. The molecule has 0 aliphatic rings. The number of unbranched alkanes of at least 4 members (excludes halogenated alkanes) is 1. The minimum Gasteiger partial charge on any atom is -0.343 e. The molecule has 0 atom stereocenters. The minimum absolute atomic E-state index is 0.106. The predicted molar refractivity (Wildman–Crippen MR) is 64.6 cm³/mol. The van der Waals surface area contributed by atoms with Crippen molar-refractivity contribution in [3.05, 3.63) is 12.2 Å². The maximum atomic E-state index is 11.4. The van der Waals surface area contributed by atoms with E-state index in [9.17, 15) is 4.79 Å². The zero-order chi connectivity index (χ0) is 11.5. The van der Waals surface area contributed by atoms with E-state index in [0.29, 0.717) is 13.1 Å². The van der Waals surface area contributed by atoms with Crippen LogP contribution in [-0.2, 0) is 4.79 Å². The quantitative estimate of drug-likeness (QED) is 0.494. The number of hydrogen-bond acceptors (Lipinski definition) is 2. The second kappa shape index (κ2) is 9.71. The Morgan fingerprint density at radius 1 is 1.20 bits per heavy atom. The van der Waals surface area contributed by atoms with Gasteiger partial charge in [-0.25, -0.2) is 0 Å². The largest absolute Gasteiger partial charge is 0.343 e. The van der Waals surface area contributed by atoms with E-state index in [4.69, 9.17) is 0 Å². The molecule has 1 N–H and O–H groups in total. The fourth-order valence-electron chi connectivity index (χ4n) is 1.19. The van der Waals surface area contributed by atoms with Gasteiger partial charge in [-0.1, -0.05) is 39.3 Å². The smallest absolute Gasteiger partial charge is 0.224 e. The molecule has 3 heteroatoms. The minimum atomic E-state index is 0.106. The summed E-state index contributed by atoms with van der Waals surface area (Å²) >= 11 is 0. The highest BCUT2D eigenvalue weighted by Crippen LogP contribution is 1.91. The van der Waals surface area contributed by atoms with Crippen LogP contribution in [0.3, 0.4) is 0 Å². The maximum absolute atomic E-state index is 11.4.